The molecule has 316 valence electrons. The quantitative estimate of drug-likeness (QED) is 0.0270. The summed E-state index contributed by atoms with van der Waals surface area (Å²) in [7, 11) is -4.39. The van der Waals surface area contributed by atoms with Crippen LogP contribution in [0, 0.1) is 0 Å². The van der Waals surface area contributed by atoms with Gasteiger partial charge in [0.2, 0.25) is 0 Å². The van der Waals surface area contributed by atoms with E-state index < -0.39 is 32.5 Å². The summed E-state index contributed by atoms with van der Waals surface area (Å²) in [6, 6.07) is 0. The van der Waals surface area contributed by atoms with Crippen LogP contribution in [0.4, 0.5) is 0 Å². The summed E-state index contributed by atoms with van der Waals surface area (Å²) in [6.45, 7) is 3.61. The van der Waals surface area contributed by atoms with Crippen molar-refractivity contribution < 1.29 is 37.6 Å². The molecule has 3 N–H and O–H groups in total. The molecule has 0 aromatic rings. The number of nitrogens with two attached hydrogens (primary N) is 1. The van der Waals surface area contributed by atoms with Crippen LogP contribution in [0.25, 0.3) is 0 Å². The molecule has 1 unspecified atom stereocenters. The number of phosphoric acid groups is 1. The Morgan fingerprint density at radius 3 is 1.38 bits per heavy atom. The third-order valence-corrected chi connectivity index (χ3v) is 9.55. The number of phosphoric ester groups is 1. The van der Waals surface area contributed by atoms with Gasteiger partial charge < -0.3 is 20.1 Å². The molecule has 0 aliphatic heterocycles. The van der Waals surface area contributed by atoms with Crippen molar-refractivity contribution in [3.63, 3.8) is 0 Å². The fourth-order valence-corrected chi connectivity index (χ4v) is 6.12. The van der Waals surface area contributed by atoms with Gasteiger partial charge in [0, 0.05) is 19.4 Å². The first kappa shape index (κ1) is 52.5. The first-order valence-corrected chi connectivity index (χ1v) is 22.9. The third-order valence-electron chi connectivity index (χ3n) is 8.56. The van der Waals surface area contributed by atoms with Crippen LogP contribution in [-0.4, -0.2) is 49.3 Å². The van der Waals surface area contributed by atoms with E-state index in [1.807, 2.05) is 0 Å². The molecule has 0 rings (SSSR count). The maximum atomic E-state index is 12.6. The molecular formula is C45H78NO8P. The molecule has 2 atom stereocenters. The first-order valence-electron chi connectivity index (χ1n) is 21.4. The summed E-state index contributed by atoms with van der Waals surface area (Å²) in [5, 5.41) is 0. The Hall–Kier alpha value is -2.55. The maximum absolute atomic E-state index is 12.6. The molecule has 55 heavy (non-hydrogen) atoms. The van der Waals surface area contributed by atoms with Gasteiger partial charge in [-0.1, -0.05) is 138 Å². The molecule has 0 aliphatic rings. The smallest absolute Gasteiger partial charge is 0.462 e. The Balaban J connectivity index is 4.27. The van der Waals surface area contributed by atoms with Gasteiger partial charge in [0.05, 0.1) is 13.2 Å². The van der Waals surface area contributed by atoms with Crippen molar-refractivity contribution in [3.8, 4) is 0 Å². The lowest BCUT2D eigenvalue weighted by Crippen LogP contribution is -2.29. The Morgan fingerprint density at radius 2 is 0.945 bits per heavy atom. The summed E-state index contributed by atoms with van der Waals surface area (Å²) in [4.78, 5) is 34.8. The second-order valence-corrected chi connectivity index (χ2v) is 15.3. The number of carbonyl (C=O) groups excluding carboxylic acids is 2. The van der Waals surface area contributed by atoms with E-state index in [4.69, 9.17) is 24.3 Å². The SMILES string of the molecule is CCCCCC=CCC=CCC=CCCCCCCC(=O)OC[C@H](COP(=O)(O)OCCN)OC(=O)CCCCCCC=CCC=CCC=CCCCCC. The summed E-state index contributed by atoms with van der Waals surface area (Å²) < 4.78 is 32.7. The van der Waals surface area contributed by atoms with Gasteiger partial charge in [0.1, 0.15) is 6.61 Å². The molecule has 0 spiro atoms. The van der Waals surface area contributed by atoms with Crippen LogP contribution in [0.1, 0.15) is 168 Å². The standard InChI is InChI=1S/C45H78NO8P/c1-3-5-7-9-11-13-15-17-19-21-23-25-27-29-31-33-35-37-44(47)51-41-43(42-53-55(49,50)52-40-39-46)54-45(48)38-36-34-32-30-28-26-24-22-20-18-16-14-12-10-8-6-4-2/h11-14,17-20,23-26,43H,3-10,15-16,21-22,27-42,46H2,1-2H3,(H,49,50)/t43-/m1/s1. The zero-order chi connectivity index (χ0) is 40.3. The van der Waals surface area contributed by atoms with Crippen molar-refractivity contribution in [2.75, 3.05) is 26.4 Å². The van der Waals surface area contributed by atoms with E-state index in [0.717, 1.165) is 77.0 Å². The summed E-state index contributed by atoms with van der Waals surface area (Å²) in [6.07, 6.45) is 49.2. The number of ether oxygens (including phenoxy) is 2. The Bertz CT molecular complexity index is 1130. The minimum Gasteiger partial charge on any atom is -0.462 e. The van der Waals surface area contributed by atoms with Crippen LogP contribution < -0.4 is 5.73 Å². The largest absolute Gasteiger partial charge is 0.472 e. The lowest BCUT2D eigenvalue weighted by Gasteiger charge is -2.19. The van der Waals surface area contributed by atoms with Crippen molar-refractivity contribution >= 4 is 19.8 Å². The molecule has 0 saturated heterocycles. The van der Waals surface area contributed by atoms with Crippen LogP contribution in [-0.2, 0) is 32.7 Å². The van der Waals surface area contributed by atoms with Crippen LogP contribution in [0.2, 0.25) is 0 Å². The second kappa shape index (κ2) is 41.1. The molecule has 0 fully saturated rings. The number of hydrogen-bond acceptors (Lipinski definition) is 8. The third kappa shape index (κ3) is 40.9. The highest BCUT2D eigenvalue weighted by atomic mass is 31.2. The lowest BCUT2D eigenvalue weighted by atomic mass is 10.1. The number of allylic oxidation sites excluding steroid dienone is 12. The zero-order valence-electron chi connectivity index (χ0n) is 34.6. The van der Waals surface area contributed by atoms with Gasteiger partial charge in [-0.3, -0.25) is 18.6 Å². The Morgan fingerprint density at radius 1 is 0.545 bits per heavy atom. The molecule has 0 radical (unpaired) electrons. The molecule has 0 aromatic heterocycles. The number of unbranched alkanes of at least 4 members (excludes halogenated alkanes) is 14. The van der Waals surface area contributed by atoms with E-state index in [0.29, 0.717) is 12.8 Å². The van der Waals surface area contributed by atoms with Crippen molar-refractivity contribution in [3.05, 3.63) is 72.9 Å². The van der Waals surface area contributed by atoms with E-state index in [1.165, 1.54) is 51.4 Å². The molecule has 0 bridgehead atoms. The first-order chi connectivity index (χ1) is 26.8. The van der Waals surface area contributed by atoms with Gasteiger partial charge in [-0.25, -0.2) is 4.57 Å². The van der Waals surface area contributed by atoms with E-state index in [-0.39, 0.29) is 32.6 Å². The van der Waals surface area contributed by atoms with Gasteiger partial charge in [-0.2, -0.15) is 0 Å². The van der Waals surface area contributed by atoms with Crippen LogP contribution in [0.3, 0.4) is 0 Å². The predicted octanol–water partition coefficient (Wildman–Crippen LogP) is 12.3. The Labute approximate surface area is 335 Å². The van der Waals surface area contributed by atoms with E-state index in [2.05, 4.69) is 86.8 Å². The summed E-state index contributed by atoms with van der Waals surface area (Å²) in [5.74, 6) is -0.885. The molecule has 0 heterocycles. The summed E-state index contributed by atoms with van der Waals surface area (Å²) >= 11 is 0. The van der Waals surface area contributed by atoms with Crippen LogP contribution >= 0.6 is 7.82 Å². The monoisotopic (exact) mass is 792 g/mol. The molecule has 0 aromatic carbocycles. The Kier molecular flexibility index (Phi) is 39.2. The van der Waals surface area contributed by atoms with E-state index in [1.54, 1.807) is 0 Å². The normalized spacial score (nSPS) is 14.0. The second-order valence-electron chi connectivity index (χ2n) is 13.8. The highest BCUT2D eigenvalue weighted by molar-refractivity contribution is 7.47. The molecule has 10 heteroatoms. The molecule has 0 saturated carbocycles. The minimum absolute atomic E-state index is 0.0425. The highest BCUT2D eigenvalue weighted by Crippen LogP contribution is 2.43. The van der Waals surface area contributed by atoms with Crippen molar-refractivity contribution in [2.24, 2.45) is 5.73 Å². The van der Waals surface area contributed by atoms with E-state index in [9.17, 15) is 19.0 Å². The number of carbonyl (C=O) groups is 2. The van der Waals surface area contributed by atoms with Gasteiger partial charge >= 0.3 is 19.8 Å². The zero-order valence-corrected chi connectivity index (χ0v) is 35.5. The molecule has 0 amide bonds. The van der Waals surface area contributed by atoms with Gasteiger partial charge in [-0.15, -0.1) is 0 Å². The number of hydrogen-bond donors (Lipinski definition) is 2. The highest BCUT2D eigenvalue weighted by Gasteiger charge is 2.25. The van der Waals surface area contributed by atoms with Crippen molar-refractivity contribution in [2.45, 2.75) is 174 Å². The van der Waals surface area contributed by atoms with Gasteiger partial charge in [0.25, 0.3) is 0 Å². The van der Waals surface area contributed by atoms with E-state index >= 15 is 0 Å². The number of esters is 2. The number of rotatable bonds is 39. The fraction of sp³-hybridized carbons (Fsp3) is 0.689. The minimum atomic E-state index is -4.39. The lowest BCUT2D eigenvalue weighted by molar-refractivity contribution is -0.161. The maximum Gasteiger partial charge on any atom is 0.472 e. The average Bonchev–Trinajstić information content (AvgIpc) is 3.17. The van der Waals surface area contributed by atoms with Crippen LogP contribution in [0.15, 0.2) is 72.9 Å². The molecule has 9 nitrogen and oxygen atoms in total. The predicted molar refractivity (Wildman–Crippen MR) is 229 cm³/mol. The summed E-state index contributed by atoms with van der Waals surface area (Å²) in [5.41, 5.74) is 5.34. The molecule has 0 aliphatic carbocycles. The molecular weight excluding hydrogens is 713 g/mol. The fourth-order valence-electron chi connectivity index (χ4n) is 5.35. The topological polar surface area (TPSA) is 134 Å². The average molecular weight is 792 g/mol. The van der Waals surface area contributed by atoms with Crippen molar-refractivity contribution in [1.82, 2.24) is 0 Å². The van der Waals surface area contributed by atoms with Crippen molar-refractivity contribution in [1.29, 1.82) is 0 Å². The van der Waals surface area contributed by atoms with Crippen LogP contribution in [0.5, 0.6) is 0 Å². The van der Waals surface area contributed by atoms with Gasteiger partial charge in [0.15, 0.2) is 6.10 Å². The van der Waals surface area contributed by atoms with Gasteiger partial charge in [-0.05, 0) is 89.9 Å².